The highest BCUT2D eigenvalue weighted by Crippen LogP contribution is 2.41. The molecule has 0 spiro atoms. The molecule has 3 rings (SSSR count). The van der Waals surface area contributed by atoms with Crippen LogP contribution in [0.15, 0.2) is 54.6 Å². The number of benzene rings is 3. The maximum absolute atomic E-state index is 13.6. The van der Waals surface area contributed by atoms with E-state index in [0.29, 0.717) is 31.6 Å². The van der Waals surface area contributed by atoms with Gasteiger partial charge in [0.25, 0.3) is 0 Å². The predicted octanol–water partition coefficient (Wildman–Crippen LogP) is 9.47. The van der Waals surface area contributed by atoms with Crippen molar-refractivity contribution in [2.45, 2.75) is 51.4 Å². The molecule has 0 saturated carbocycles. The SMILES string of the molecule is COc1ccc(C(C)C)cc1-c1ccc(C(F)(F)F)cc1C(C)Cc1cc(I)cc(C(F)(F)F)c1. The van der Waals surface area contributed by atoms with Crippen LogP contribution < -0.4 is 4.74 Å². The summed E-state index contributed by atoms with van der Waals surface area (Å²) in [6.07, 6.45) is -8.92. The van der Waals surface area contributed by atoms with Gasteiger partial charge in [-0.2, -0.15) is 26.3 Å². The third-order valence-corrected chi connectivity index (χ3v) is 6.54. The summed E-state index contributed by atoms with van der Waals surface area (Å²) >= 11 is 1.82. The van der Waals surface area contributed by atoms with Crippen LogP contribution in [0.1, 0.15) is 60.4 Å². The lowest BCUT2D eigenvalue weighted by atomic mass is 9.85. The second-order valence-corrected chi connectivity index (χ2v) is 10.1. The van der Waals surface area contributed by atoms with Gasteiger partial charge in [-0.05, 0) is 106 Å². The molecule has 35 heavy (non-hydrogen) atoms. The zero-order chi connectivity index (χ0) is 26.1. The fourth-order valence-electron chi connectivity index (χ4n) is 4.08. The van der Waals surface area contributed by atoms with Gasteiger partial charge in [0.2, 0.25) is 0 Å². The Morgan fingerprint density at radius 3 is 2.00 bits per heavy atom. The lowest BCUT2D eigenvalue weighted by Crippen LogP contribution is -2.10. The van der Waals surface area contributed by atoms with E-state index >= 15 is 0 Å². The number of hydrogen-bond acceptors (Lipinski definition) is 1. The van der Waals surface area contributed by atoms with E-state index in [2.05, 4.69) is 0 Å². The molecule has 0 bridgehead atoms. The summed E-state index contributed by atoms with van der Waals surface area (Å²) in [5.41, 5.74) is 1.42. The van der Waals surface area contributed by atoms with Gasteiger partial charge in [-0.3, -0.25) is 0 Å². The van der Waals surface area contributed by atoms with Crippen LogP contribution in [0.4, 0.5) is 26.3 Å². The number of halogens is 7. The minimum absolute atomic E-state index is 0.139. The summed E-state index contributed by atoms with van der Waals surface area (Å²) < 4.78 is 86.7. The summed E-state index contributed by atoms with van der Waals surface area (Å²) in [6, 6.07) is 12.9. The number of hydrogen-bond donors (Lipinski definition) is 0. The second-order valence-electron chi connectivity index (χ2n) is 8.87. The molecule has 1 nitrogen and oxygen atoms in total. The lowest BCUT2D eigenvalue weighted by Gasteiger charge is -2.22. The molecule has 3 aromatic rings. The van der Waals surface area contributed by atoms with Crippen LogP contribution in [0.25, 0.3) is 11.1 Å². The summed E-state index contributed by atoms with van der Waals surface area (Å²) in [5.74, 6) is 0.192. The molecule has 1 atom stereocenters. The van der Waals surface area contributed by atoms with Crippen molar-refractivity contribution in [3.63, 3.8) is 0 Å². The van der Waals surface area contributed by atoms with E-state index in [1.54, 1.807) is 19.1 Å². The van der Waals surface area contributed by atoms with Gasteiger partial charge in [0.05, 0.1) is 18.2 Å². The van der Waals surface area contributed by atoms with Crippen LogP contribution in [0.5, 0.6) is 5.75 Å². The van der Waals surface area contributed by atoms with E-state index in [4.69, 9.17) is 4.74 Å². The van der Waals surface area contributed by atoms with Crippen molar-refractivity contribution in [3.8, 4) is 16.9 Å². The summed E-state index contributed by atoms with van der Waals surface area (Å²) in [6.45, 7) is 5.75. The Balaban J connectivity index is 2.16. The van der Waals surface area contributed by atoms with Crippen LogP contribution >= 0.6 is 22.6 Å². The third kappa shape index (κ3) is 6.51. The Morgan fingerprint density at radius 2 is 1.43 bits per heavy atom. The van der Waals surface area contributed by atoms with E-state index in [-0.39, 0.29) is 12.3 Å². The van der Waals surface area contributed by atoms with Crippen LogP contribution in [0.2, 0.25) is 0 Å². The third-order valence-electron chi connectivity index (χ3n) is 5.92. The van der Waals surface area contributed by atoms with Crippen LogP contribution in [0, 0.1) is 3.57 Å². The van der Waals surface area contributed by atoms with Crippen LogP contribution in [-0.2, 0) is 18.8 Å². The molecule has 8 heteroatoms. The van der Waals surface area contributed by atoms with Gasteiger partial charge in [-0.1, -0.05) is 32.9 Å². The van der Waals surface area contributed by atoms with Crippen LogP contribution in [-0.4, -0.2) is 7.11 Å². The first-order valence-corrected chi connectivity index (χ1v) is 12.0. The van der Waals surface area contributed by atoms with Crippen molar-refractivity contribution in [2.75, 3.05) is 7.11 Å². The first-order chi connectivity index (χ1) is 16.2. The highest BCUT2D eigenvalue weighted by atomic mass is 127. The molecule has 0 amide bonds. The molecule has 3 aromatic carbocycles. The lowest BCUT2D eigenvalue weighted by molar-refractivity contribution is -0.138. The topological polar surface area (TPSA) is 9.23 Å². The quantitative estimate of drug-likeness (QED) is 0.201. The number of alkyl halides is 6. The molecular weight excluding hydrogens is 581 g/mol. The maximum atomic E-state index is 13.6. The Kier molecular flexibility index (Phi) is 8.13. The van der Waals surface area contributed by atoms with E-state index in [1.165, 1.54) is 13.2 Å². The molecule has 0 saturated heterocycles. The molecule has 0 N–H and O–H groups in total. The molecule has 188 valence electrons. The summed E-state index contributed by atoms with van der Waals surface area (Å²) in [4.78, 5) is 0. The highest BCUT2D eigenvalue weighted by molar-refractivity contribution is 14.1. The fourth-order valence-corrected chi connectivity index (χ4v) is 4.82. The zero-order valence-electron chi connectivity index (χ0n) is 19.6. The van der Waals surface area contributed by atoms with Gasteiger partial charge in [-0.15, -0.1) is 0 Å². The molecule has 0 aromatic heterocycles. The largest absolute Gasteiger partial charge is 0.496 e. The second kappa shape index (κ2) is 10.4. The Bertz CT molecular complexity index is 1200. The molecule has 0 aliphatic rings. The van der Waals surface area contributed by atoms with Gasteiger partial charge >= 0.3 is 12.4 Å². The molecule has 0 radical (unpaired) electrons. The van der Waals surface area contributed by atoms with Crippen molar-refractivity contribution in [2.24, 2.45) is 0 Å². The van der Waals surface area contributed by atoms with Gasteiger partial charge in [0.1, 0.15) is 5.75 Å². The first-order valence-electron chi connectivity index (χ1n) is 11.0. The average Bonchev–Trinajstić information content (AvgIpc) is 2.76. The predicted molar refractivity (Wildman–Crippen MR) is 134 cm³/mol. The highest BCUT2D eigenvalue weighted by Gasteiger charge is 2.33. The van der Waals surface area contributed by atoms with E-state index in [0.717, 1.165) is 29.8 Å². The molecule has 0 fully saturated rings. The fraction of sp³-hybridized carbons (Fsp3) is 0.333. The molecule has 0 heterocycles. The molecule has 1 unspecified atom stereocenters. The van der Waals surface area contributed by atoms with E-state index in [9.17, 15) is 26.3 Å². The van der Waals surface area contributed by atoms with Crippen LogP contribution in [0.3, 0.4) is 0 Å². The van der Waals surface area contributed by atoms with Gasteiger partial charge in [0, 0.05) is 9.13 Å². The van der Waals surface area contributed by atoms with Crippen molar-refractivity contribution in [1.29, 1.82) is 0 Å². The smallest absolute Gasteiger partial charge is 0.416 e. The average molecular weight is 606 g/mol. The molecular formula is C27H25F6IO. The van der Waals surface area contributed by atoms with Gasteiger partial charge < -0.3 is 4.74 Å². The van der Waals surface area contributed by atoms with Crippen molar-refractivity contribution in [3.05, 3.63) is 86.0 Å². The van der Waals surface area contributed by atoms with Crippen molar-refractivity contribution < 1.29 is 31.1 Å². The minimum Gasteiger partial charge on any atom is -0.496 e. The van der Waals surface area contributed by atoms with Gasteiger partial charge in [0.15, 0.2) is 0 Å². The Hall–Kier alpha value is -2.23. The maximum Gasteiger partial charge on any atom is 0.416 e. The van der Waals surface area contributed by atoms with Crippen molar-refractivity contribution >= 4 is 22.6 Å². The van der Waals surface area contributed by atoms with E-state index < -0.39 is 29.4 Å². The molecule has 0 aliphatic heterocycles. The molecule has 0 aliphatic carbocycles. The van der Waals surface area contributed by atoms with E-state index in [1.807, 2.05) is 48.6 Å². The standard InChI is InChI=1S/C27H25F6IO/c1-15(2)18-5-8-25(35-4)24(12-18)22-7-6-19(26(28,29)30)14-23(22)16(3)9-17-10-20(27(31,32)33)13-21(34)11-17/h5-8,10-16H,9H2,1-4H3. The van der Waals surface area contributed by atoms with Crippen molar-refractivity contribution in [1.82, 2.24) is 0 Å². The number of ether oxygens (including phenoxy) is 1. The Labute approximate surface area is 214 Å². The zero-order valence-corrected chi connectivity index (χ0v) is 21.8. The Morgan fingerprint density at radius 1 is 0.771 bits per heavy atom. The normalized spacial score (nSPS) is 13.3. The number of methoxy groups -OCH3 is 1. The minimum atomic E-state index is -4.55. The first kappa shape index (κ1) is 27.4. The summed E-state index contributed by atoms with van der Waals surface area (Å²) in [7, 11) is 1.49. The summed E-state index contributed by atoms with van der Waals surface area (Å²) in [5, 5.41) is 0. The van der Waals surface area contributed by atoms with Gasteiger partial charge in [-0.25, -0.2) is 0 Å². The number of rotatable bonds is 6. The monoisotopic (exact) mass is 606 g/mol.